The number of ether oxygens (including phenoxy) is 1. The van der Waals surface area contributed by atoms with E-state index in [0.29, 0.717) is 19.6 Å². The molecule has 1 aromatic rings. The third-order valence-corrected chi connectivity index (χ3v) is 5.62. The Morgan fingerprint density at radius 2 is 1.96 bits per heavy atom. The number of hydrogen-bond acceptors (Lipinski definition) is 5. The maximum absolute atomic E-state index is 12.4. The van der Waals surface area contributed by atoms with Crippen LogP contribution in [0.15, 0.2) is 0 Å². The predicted molar refractivity (Wildman–Crippen MR) is 99.8 cm³/mol. The van der Waals surface area contributed by atoms with Gasteiger partial charge in [0.25, 0.3) is 0 Å². The van der Waals surface area contributed by atoms with Crippen molar-refractivity contribution in [3.8, 4) is 0 Å². The molecule has 1 amide bonds. The van der Waals surface area contributed by atoms with Crippen molar-refractivity contribution in [2.45, 2.75) is 57.9 Å². The van der Waals surface area contributed by atoms with Gasteiger partial charge in [0.15, 0.2) is 0 Å². The van der Waals surface area contributed by atoms with Gasteiger partial charge in [-0.15, -0.1) is 10.2 Å². The minimum atomic E-state index is 0.193. The van der Waals surface area contributed by atoms with Crippen LogP contribution in [-0.2, 0) is 23.1 Å². The lowest BCUT2D eigenvalue weighted by Crippen LogP contribution is -2.40. The normalized spacial score (nSPS) is 21.9. The van der Waals surface area contributed by atoms with Gasteiger partial charge in [-0.25, -0.2) is 0 Å². The first kappa shape index (κ1) is 19.3. The van der Waals surface area contributed by atoms with Crippen molar-refractivity contribution in [3.05, 3.63) is 11.6 Å². The minimum absolute atomic E-state index is 0.193. The predicted octanol–water partition coefficient (Wildman–Crippen LogP) is 1.93. The lowest BCUT2D eigenvalue weighted by molar-refractivity contribution is -0.133. The molecule has 0 saturated carbocycles. The summed E-state index contributed by atoms with van der Waals surface area (Å²) in [5, 5.41) is 8.96. The average Bonchev–Trinajstić information content (AvgIpc) is 3.03. The number of aromatic nitrogens is 3. The van der Waals surface area contributed by atoms with Crippen molar-refractivity contribution in [3.63, 3.8) is 0 Å². The first-order chi connectivity index (χ1) is 12.7. The van der Waals surface area contributed by atoms with Crippen molar-refractivity contribution >= 4 is 5.91 Å². The van der Waals surface area contributed by atoms with Crippen LogP contribution in [0, 0.1) is 0 Å². The topological polar surface area (TPSA) is 63.5 Å². The molecule has 3 heterocycles. The Labute approximate surface area is 156 Å². The fourth-order valence-corrected chi connectivity index (χ4v) is 4.06. The zero-order valence-corrected chi connectivity index (χ0v) is 16.3. The van der Waals surface area contributed by atoms with E-state index in [0.717, 1.165) is 57.2 Å². The second kappa shape index (κ2) is 9.46. The Balaban J connectivity index is 1.58. The van der Waals surface area contributed by atoms with Crippen molar-refractivity contribution in [2.24, 2.45) is 7.05 Å². The summed E-state index contributed by atoms with van der Waals surface area (Å²) in [6.07, 6.45) is 6.48. The SMILES string of the molecule is CCOCCC(=O)N1CCC[C@H](c2nnc(CN3CCCCC3)n2C)C1. The summed E-state index contributed by atoms with van der Waals surface area (Å²) in [5.74, 6) is 2.55. The number of rotatable bonds is 7. The summed E-state index contributed by atoms with van der Waals surface area (Å²) in [7, 11) is 2.07. The largest absolute Gasteiger partial charge is 0.381 e. The standard InChI is InChI=1S/C19H33N5O2/c1-3-26-13-9-18(25)24-12-7-8-16(14-24)19-21-20-17(22(19)2)15-23-10-5-4-6-11-23/h16H,3-15H2,1-2H3/t16-/m0/s1. The molecule has 1 aromatic heterocycles. The summed E-state index contributed by atoms with van der Waals surface area (Å²) < 4.78 is 7.48. The molecule has 7 nitrogen and oxygen atoms in total. The number of carbonyl (C=O) groups is 1. The maximum atomic E-state index is 12.4. The van der Waals surface area contributed by atoms with E-state index in [9.17, 15) is 4.79 Å². The molecule has 2 aliphatic heterocycles. The van der Waals surface area contributed by atoms with Gasteiger partial charge in [-0.05, 0) is 45.7 Å². The molecule has 0 bridgehead atoms. The third kappa shape index (κ3) is 4.82. The summed E-state index contributed by atoms with van der Waals surface area (Å²) in [4.78, 5) is 16.9. The zero-order valence-electron chi connectivity index (χ0n) is 16.3. The van der Waals surface area contributed by atoms with Crippen molar-refractivity contribution in [2.75, 3.05) is 39.4 Å². The smallest absolute Gasteiger partial charge is 0.224 e. The molecule has 3 rings (SSSR count). The average molecular weight is 364 g/mol. The van der Waals surface area contributed by atoms with Crippen LogP contribution in [0.25, 0.3) is 0 Å². The molecule has 2 fully saturated rings. The van der Waals surface area contributed by atoms with Gasteiger partial charge in [0.05, 0.1) is 19.6 Å². The van der Waals surface area contributed by atoms with Crippen LogP contribution in [0.3, 0.4) is 0 Å². The molecule has 0 radical (unpaired) electrons. The maximum Gasteiger partial charge on any atom is 0.224 e. The Kier molecular flexibility index (Phi) is 7.02. The van der Waals surface area contributed by atoms with Gasteiger partial charge in [0.1, 0.15) is 11.6 Å². The molecular weight excluding hydrogens is 330 g/mol. The monoisotopic (exact) mass is 363 g/mol. The van der Waals surface area contributed by atoms with Gasteiger partial charge in [-0.2, -0.15) is 0 Å². The minimum Gasteiger partial charge on any atom is -0.381 e. The molecule has 2 saturated heterocycles. The zero-order chi connectivity index (χ0) is 18.4. The van der Waals surface area contributed by atoms with E-state index in [1.165, 1.54) is 19.3 Å². The van der Waals surface area contributed by atoms with E-state index in [4.69, 9.17) is 4.74 Å². The van der Waals surface area contributed by atoms with Crippen LogP contribution in [0.4, 0.5) is 0 Å². The lowest BCUT2D eigenvalue weighted by Gasteiger charge is -2.32. The molecule has 0 aromatic carbocycles. The van der Waals surface area contributed by atoms with E-state index in [1.54, 1.807) is 0 Å². The molecule has 0 aliphatic carbocycles. The van der Waals surface area contributed by atoms with E-state index >= 15 is 0 Å². The van der Waals surface area contributed by atoms with Crippen LogP contribution in [0.5, 0.6) is 0 Å². The van der Waals surface area contributed by atoms with Crippen molar-refractivity contribution in [1.29, 1.82) is 0 Å². The van der Waals surface area contributed by atoms with E-state index < -0.39 is 0 Å². The second-order valence-corrected chi connectivity index (χ2v) is 7.50. The Bertz CT molecular complexity index is 582. The van der Waals surface area contributed by atoms with Gasteiger partial charge >= 0.3 is 0 Å². The number of hydrogen-bond donors (Lipinski definition) is 0. The van der Waals surface area contributed by atoms with Crippen molar-refractivity contribution in [1.82, 2.24) is 24.6 Å². The van der Waals surface area contributed by atoms with E-state index in [2.05, 4.69) is 26.7 Å². The molecule has 0 N–H and O–H groups in total. The highest BCUT2D eigenvalue weighted by Gasteiger charge is 2.28. The molecule has 1 atom stereocenters. The molecule has 0 spiro atoms. The van der Waals surface area contributed by atoms with Crippen molar-refractivity contribution < 1.29 is 9.53 Å². The quantitative estimate of drug-likeness (QED) is 0.693. The molecule has 146 valence electrons. The molecule has 2 aliphatic rings. The second-order valence-electron chi connectivity index (χ2n) is 7.50. The van der Waals surface area contributed by atoms with Gasteiger partial charge in [-0.3, -0.25) is 9.69 Å². The Hall–Kier alpha value is -1.47. The first-order valence-electron chi connectivity index (χ1n) is 10.1. The first-order valence-corrected chi connectivity index (χ1v) is 10.1. The number of nitrogens with zero attached hydrogens (tertiary/aromatic N) is 5. The molecule has 26 heavy (non-hydrogen) atoms. The van der Waals surface area contributed by atoms with Crippen LogP contribution in [0.2, 0.25) is 0 Å². The Morgan fingerprint density at radius 3 is 2.73 bits per heavy atom. The summed E-state index contributed by atoms with van der Waals surface area (Å²) in [6.45, 7) is 7.93. The van der Waals surface area contributed by atoms with Crippen LogP contribution < -0.4 is 0 Å². The lowest BCUT2D eigenvalue weighted by atomic mass is 9.97. The summed E-state index contributed by atoms with van der Waals surface area (Å²) in [5.41, 5.74) is 0. The summed E-state index contributed by atoms with van der Waals surface area (Å²) >= 11 is 0. The van der Waals surface area contributed by atoms with Crippen LogP contribution >= 0.6 is 0 Å². The third-order valence-electron chi connectivity index (χ3n) is 5.62. The molecular formula is C19H33N5O2. The highest BCUT2D eigenvalue weighted by molar-refractivity contribution is 5.76. The number of likely N-dealkylation sites (tertiary alicyclic amines) is 2. The van der Waals surface area contributed by atoms with E-state index in [-0.39, 0.29) is 11.8 Å². The Morgan fingerprint density at radius 1 is 1.15 bits per heavy atom. The van der Waals surface area contributed by atoms with Crippen LogP contribution in [-0.4, -0.2) is 69.9 Å². The fourth-order valence-electron chi connectivity index (χ4n) is 4.06. The fraction of sp³-hybridized carbons (Fsp3) is 0.842. The van der Waals surface area contributed by atoms with Crippen LogP contribution in [0.1, 0.15) is 63.0 Å². The summed E-state index contributed by atoms with van der Waals surface area (Å²) in [6, 6.07) is 0. The number of carbonyl (C=O) groups excluding carboxylic acids is 1. The molecule has 0 unspecified atom stereocenters. The number of amides is 1. The van der Waals surface area contributed by atoms with Gasteiger partial charge in [0, 0.05) is 32.7 Å². The van der Waals surface area contributed by atoms with Gasteiger partial charge < -0.3 is 14.2 Å². The van der Waals surface area contributed by atoms with Gasteiger partial charge in [-0.1, -0.05) is 6.42 Å². The van der Waals surface area contributed by atoms with E-state index in [1.807, 2.05) is 11.8 Å². The highest BCUT2D eigenvalue weighted by atomic mass is 16.5. The number of piperidine rings is 2. The highest BCUT2D eigenvalue weighted by Crippen LogP contribution is 2.26. The van der Waals surface area contributed by atoms with Gasteiger partial charge in [0.2, 0.25) is 5.91 Å². The molecule has 7 heteroatoms.